The molecule has 0 amide bonds. The largest absolute Gasteiger partial charge is 0.391 e. The Hall–Kier alpha value is -0.250. The van der Waals surface area contributed by atoms with E-state index in [4.69, 9.17) is 5.73 Å². The fourth-order valence-corrected chi connectivity index (χ4v) is 1.59. The first-order chi connectivity index (χ1) is 5.04. The molecule has 0 aromatic rings. The Labute approximate surface area is 63.8 Å². The van der Waals surface area contributed by atoms with Gasteiger partial charge >= 0.3 is 6.18 Å². The molecule has 1 nitrogen and oxygen atoms in total. The van der Waals surface area contributed by atoms with Crippen molar-refractivity contribution in [2.75, 3.05) is 6.54 Å². The maximum atomic E-state index is 12.0. The molecule has 0 heterocycles. The first-order valence-corrected chi connectivity index (χ1v) is 3.81. The molecule has 0 spiro atoms. The second-order valence-electron chi connectivity index (χ2n) is 3.15. The summed E-state index contributed by atoms with van der Waals surface area (Å²) in [4.78, 5) is 0. The summed E-state index contributed by atoms with van der Waals surface area (Å²) >= 11 is 0. The molecule has 0 bridgehead atoms. The average molecular weight is 167 g/mol. The Morgan fingerprint density at radius 2 is 1.91 bits per heavy atom. The summed E-state index contributed by atoms with van der Waals surface area (Å²) in [5.74, 6) is -0.988. The SMILES string of the molecule is NC[C@@H]1CC[C@@H](C(F)(F)F)C1. The number of hydrogen-bond donors (Lipinski definition) is 1. The Bertz CT molecular complexity index is 132. The molecule has 0 aliphatic heterocycles. The van der Waals surface area contributed by atoms with Crippen LogP contribution in [-0.2, 0) is 0 Å². The molecule has 66 valence electrons. The lowest BCUT2D eigenvalue weighted by molar-refractivity contribution is -0.173. The van der Waals surface area contributed by atoms with E-state index in [9.17, 15) is 13.2 Å². The number of alkyl halides is 3. The quantitative estimate of drug-likeness (QED) is 0.634. The van der Waals surface area contributed by atoms with E-state index in [1.165, 1.54) is 0 Å². The van der Waals surface area contributed by atoms with Crippen LogP contribution in [-0.4, -0.2) is 12.7 Å². The molecule has 2 atom stereocenters. The molecule has 0 unspecified atom stereocenters. The lowest BCUT2D eigenvalue weighted by Gasteiger charge is -2.13. The molecular formula is C7H12F3N. The topological polar surface area (TPSA) is 26.0 Å². The monoisotopic (exact) mass is 167 g/mol. The van der Waals surface area contributed by atoms with E-state index in [-0.39, 0.29) is 18.8 Å². The van der Waals surface area contributed by atoms with Gasteiger partial charge < -0.3 is 5.73 Å². The van der Waals surface area contributed by atoms with Crippen LogP contribution in [0.15, 0.2) is 0 Å². The average Bonchev–Trinajstić information content (AvgIpc) is 2.32. The number of rotatable bonds is 1. The van der Waals surface area contributed by atoms with Crippen LogP contribution >= 0.6 is 0 Å². The third-order valence-corrected chi connectivity index (χ3v) is 2.34. The molecule has 0 aromatic carbocycles. The van der Waals surface area contributed by atoms with Gasteiger partial charge in [-0.05, 0) is 31.7 Å². The first-order valence-electron chi connectivity index (χ1n) is 3.81. The highest BCUT2D eigenvalue weighted by Gasteiger charge is 2.43. The van der Waals surface area contributed by atoms with Crippen molar-refractivity contribution in [2.24, 2.45) is 17.6 Å². The number of hydrogen-bond acceptors (Lipinski definition) is 1. The van der Waals surface area contributed by atoms with E-state index in [0.717, 1.165) is 0 Å². The smallest absolute Gasteiger partial charge is 0.330 e. The van der Waals surface area contributed by atoms with Gasteiger partial charge in [0.05, 0.1) is 5.92 Å². The van der Waals surface area contributed by atoms with E-state index < -0.39 is 12.1 Å². The summed E-state index contributed by atoms with van der Waals surface area (Å²) in [5.41, 5.74) is 5.27. The lowest BCUT2D eigenvalue weighted by Crippen LogP contribution is -2.21. The standard InChI is InChI=1S/C7H12F3N/c8-7(9,10)6-2-1-5(3-6)4-11/h5-6H,1-4,11H2/t5-,6-/m1/s1. The summed E-state index contributed by atoms with van der Waals surface area (Å²) in [7, 11) is 0. The van der Waals surface area contributed by atoms with Gasteiger partial charge in [-0.15, -0.1) is 0 Å². The van der Waals surface area contributed by atoms with Crippen molar-refractivity contribution in [3.05, 3.63) is 0 Å². The maximum Gasteiger partial charge on any atom is 0.391 e. The Morgan fingerprint density at radius 1 is 1.27 bits per heavy atom. The van der Waals surface area contributed by atoms with Gasteiger partial charge in [-0.2, -0.15) is 13.2 Å². The number of nitrogens with two attached hydrogens (primary N) is 1. The van der Waals surface area contributed by atoms with E-state index in [1.54, 1.807) is 0 Å². The van der Waals surface area contributed by atoms with Gasteiger partial charge in [-0.3, -0.25) is 0 Å². The molecule has 4 heteroatoms. The molecule has 1 fully saturated rings. The normalized spacial score (nSPS) is 32.7. The lowest BCUT2D eigenvalue weighted by atomic mass is 10.1. The van der Waals surface area contributed by atoms with E-state index in [0.29, 0.717) is 13.0 Å². The van der Waals surface area contributed by atoms with Crippen molar-refractivity contribution in [1.82, 2.24) is 0 Å². The number of halogens is 3. The van der Waals surface area contributed by atoms with Gasteiger partial charge in [0.2, 0.25) is 0 Å². The van der Waals surface area contributed by atoms with Crippen molar-refractivity contribution in [3.63, 3.8) is 0 Å². The van der Waals surface area contributed by atoms with Crippen molar-refractivity contribution in [1.29, 1.82) is 0 Å². The zero-order valence-electron chi connectivity index (χ0n) is 6.19. The molecule has 0 saturated heterocycles. The van der Waals surface area contributed by atoms with Crippen LogP contribution in [0.1, 0.15) is 19.3 Å². The van der Waals surface area contributed by atoms with Crippen molar-refractivity contribution in [2.45, 2.75) is 25.4 Å². The van der Waals surface area contributed by atoms with Gasteiger partial charge in [0, 0.05) is 0 Å². The van der Waals surface area contributed by atoms with E-state index in [1.807, 2.05) is 0 Å². The summed E-state index contributed by atoms with van der Waals surface area (Å²) in [5, 5.41) is 0. The summed E-state index contributed by atoms with van der Waals surface area (Å²) in [6.45, 7) is 0.395. The summed E-state index contributed by atoms with van der Waals surface area (Å²) in [6, 6.07) is 0. The van der Waals surface area contributed by atoms with Crippen molar-refractivity contribution >= 4 is 0 Å². The van der Waals surface area contributed by atoms with Crippen LogP contribution in [0.4, 0.5) is 13.2 Å². The molecule has 1 rings (SSSR count). The van der Waals surface area contributed by atoms with Gasteiger partial charge in [0.15, 0.2) is 0 Å². The van der Waals surface area contributed by atoms with Crippen molar-refractivity contribution < 1.29 is 13.2 Å². The minimum atomic E-state index is -4.00. The predicted octanol–water partition coefficient (Wildman–Crippen LogP) is 1.92. The fraction of sp³-hybridized carbons (Fsp3) is 1.00. The molecular weight excluding hydrogens is 155 g/mol. The zero-order valence-corrected chi connectivity index (χ0v) is 6.19. The maximum absolute atomic E-state index is 12.0. The molecule has 11 heavy (non-hydrogen) atoms. The van der Waals surface area contributed by atoms with Crippen LogP contribution in [0.5, 0.6) is 0 Å². The minimum absolute atomic E-state index is 0.0987. The first kappa shape index (κ1) is 8.84. The minimum Gasteiger partial charge on any atom is -0.330 e. The van der Waals surface area contributed by atoms with Crippen LogP contribution in [0.3, 0.4) is 0 Å². The van der Waals surface area contributed by atoms with Gasteiger partial charge in [-0.1, -0.05) is 0 Å². The Morgan fingerprint density at radius 3 is 2.18 bits per heavy atom. The third kappa shape index (κ3) is 2.09. The second-order valence-corrected chi connectivity index (χ2v) is 3.15. The van der Waals surface area contributed by atoms with Gasteiger partial charge in [-0.25, -0.2) is 0 Å². The van der Waals surface area contributed by atoms with Crippen LogP contribution in [0, 0.1) is 11.8 Å². The third-order valence-electron chi connectivity index (χ3n) is 2.34. The summed E-state index contributed by atoms with van der Waals surface area (Å²) in [6.07, 6.45) is -2.85. The fourth-order valence-electron chi connectivity index (χ4n) is 1.59. The van der Waals surface area contributed by atoms with E-state index >= 15 is 0 Å². The summed E-state index contributed by atoms with van der Waals surface area (Å²) < 4.78 is 36.1. The molecule has 1 aliphatic carbocycles. The highest BCUT2D eigenvalue weighted by atomic mass is 19.4. The van der Waals surface area contributed by atoms with Crippen LogP contribution < -0.4 is 5.73 Å². The predicted molar refractivity (Wildman–Crippen MR) is 35.9 cm³/mol. The van der Waals surface area contributed by atoms with Crippen LogP contribution in [0.2, 0.25) is 0 Å². The molecule has 1 saturated carbocycles. The van der Waals surface area contributed by atoms with Crippen LogP contribution in [0.25, 0.3) is 0 Å². The van der Waals surface area contributed by atoms with Gasteiger partial charge in [0.25, 0.3) is 0 Å². The Balaban J connectivity index is 2.42. The second kappa shape index (κ2) is 3.01. The van der Waals surface area contributed by atoms with Gasteiger partial charge in [0.1, 0.15) is 0 Å². The zero-order chi connectivity index (χ0) is 8.48. The Kier molecular flexibility index (Phi) is 2.42. The molecule has 2 N–H and O–H groups in total. The molecule has 0 aromatic heterocycles. The highest BCUT2D eigenvalue weighted by Crippen LogP contribution is 2.41. The molecule has 0 radical (unpaired) electrons. The van der Waals surface area contributed by atoms with Crippen molar-refractivity contribution in [3.8, 4) is 0 Å². The molecule has 1 aliphatic rings. The van der Waals surface area contributed by atoms with E-state index in [2.05, 4.69) is 0 Å². The highest BCUT2D eigenvalue weighted by molar-refractivity contribution is 4.80.